The molecule has 0 saturated carbocycles. The summed E-state index contributed by atoms with van der Waals surface area (Å²) in [4.78, 5) is 11.3. The zero-order valence-corrected chi connectivity index (χ0v) is 12.7. The van der Waals surface area contributed by atoms with Gasteiger partial charge in [-0.2, -0.15) is 0 Å². The molecule has 4 nitrogen and oxygen atoms in total. The summed E-state index contributed by atoms with van der Waals surface area (Å²) in [5.74, 6) is 0.968. The smallest absolute Gasteiger partial charge is 0.224 e. The highest BCUT2D eigenvalue weighted by atomic mass is 79.9. The summed E-state index contributed by atoms with van der Waals surface area (Å²) in [5, 5.41) is 6.29. The van der Waals surface area contributed by atoms with Gasteiger partial charge in [-0.3, -0.25) is 4.79 Å². The van der Waals surface area contributed by atoms with Gasteiger partial charge in [0.15, 0.2) is 4.67 Å². The van der Waals surface area contributed by atoms with Crippen molar-refractivity contribution in [3.05, 3.63) is 46.3 Å². The summed E-state index contributed by atoms with van der Waals surface area (Å²) in [5.41, 5.74) is 3.11. The molecule has 1 amide bonds. The molecule has 1 aromatic carbocycles. The molecule has 5 heteroatoms. The number of halogens is 1. The highest BCUT2D eigenvalue weighted by Gasteiger charge is 2.16. The molecule has 104 valence electrons. The van der Waals surface area contributed by atoms with Crippen molar-refractivity contribution in [2.75, 3.05) is 10.6 Å². The molecule has 1 aromatic heterocycles. The van der Waals surface area contributed by atoms with Crippen LogP contribution in [0.3, 0.4) is 0 Å². The van der Waals surface area contributed by atoms with Gasteiger partial charge in [-0.25, -0.2) is 0 Å². The van der Waals surface area contributed by atoms with Crippen LogP contribution in [0, 0.1) is 0 Å². The molecule has 0 aliphatic carbocycles. The lowest BCUT2D eigenvalue weighted by molar-refractivity contribution is -0.116. The summed E-state index contributed by atoms with van der Waals surface area (Å²) in [6.07, 6.45) is 1.34. The SMILES string of the molecule is CC(Nc1ccc2c(c1)CCC(=O)N2)c1ccc(Br)o1. The van der Waals surface area contributed by atoms with E-state index in [-0.39, 0.29) is 11.9 Å². The fourth-order valence-electron chi connectivity index (χ4n) is 2.36. The molecule has 0 spiro atoms. The number of carbonyl (C=O) groups is 1. The molecular weight excluding hydrogens is 320 g/mol. The number of amides is 1. The molecule has 2 aromatic rings. The number of carbonyl (C=O) groups excluding carboxylic acids is 1. The van der Waals surface area contributed by atoms with E-state index in [2.05, 4.69) is 32.6 Å². The Balaban J connectivity index is 1.76. The quantitative estimate of drug-likeness (QED) is 0.888. The van der Waals surface area contributed by atoms with Crippen molar-refractivity contribution in [3.63, 3.8) is 0 Å². The number of hydrogen-bond donors (Lipinski definition) is 2. The van der Waals surface area contributed by atoms with E-state index in [1.807, 2.05) is 31.2 Å². The monoisotopic (exact) mass is 334 g/mol. The van der Waals surface area contributed by atoms with Gasteiger partial charge in [0.05, 0.1) is 6.04 Å². The van der Waals surface area contributed by atoms with E-state index in [0.29, 0.717) is 6.42 Å². The minimum Gasteiger partial charge on any atom is -0.452 e. The van der Waals surface area contributed by atoms with Gasteiger partial charge in [0.2, 0.25) is 5.91 Å². The van der Waals surface area contributed by atoms with E-state index in [0.717, 1.165) is 28.2 Å². The van der Waals surface area contributed by atoms with Crippen molar-refractivity contribution < 1.29 is 9.21 Å². The number of rotatable bonds is 3. The van der Waals surface area contributed by atoms with Crippen LogP contribution < -0.4 is 10.6 Å². The van der Waals surface area contributed by atoms with Crippen molar-refractivity contribution in [1.82, 2.24) is 0 Å². The first-order valence-corrected chi connectivity index (χ1v) is 7.35. The first kappa shape index (κ1) is 13.2. The zero-order valence-electron chi connectivity index (χ0n) is 11.1. The van der Waals surface area contributed by atoms with Crippen LogP contribution >= 0.6 is 15.9 Å². The predicted molar refractivity (Wildman–Crippen MR) is 81.8 cm³/mol. The number of aryl methyl sites for hydroxylation is 1. The third-order valence-corrected chi connectivity index (χ3v) is 3.83. The lowest BCUT2D eigenvalue weighted by Crippen LogP contribution is -2.19. The molecule has 0 radical (unpaired) electrons. The van der Waals surface area contributed by atoms with Crippen LogP contribution in [-0.4, -0.2) is 5.91 Å². The molecule has 2 N–H and O–H groups in total. The number of hydrogen-bond acceptors (Lipinski definition) is 3. The minimum atomic E-state index is 0.0810. The number of furan rings is 1. The number of anilines is 2. The Kier molecular flexibility index (Phi) is 3.53. The Morgan fingerprint density at radius 3 is 2.90 bits per heavy atom. The largest absolute Gasteiger partial charge is 0.452 e. The topological polar surface area (TPSA) is 54.3 Å². The van der Waals surface area contributed by atoms with Crippen molar-refractivity contribution in [2.45, 2.75) is 25.8 Å². The number of fused-ring (bicyclic) bond motifs is 1. The highest BCUT2D eigenvalue weighted by Crippen LogP contribution is 2.28. The summed E-state index contributed by atoms with van der Waals surface area (Å²) in [6, 6.07) is 9.91. The fourth-order valence-corrected chi connectivity index (χ4v) is 2.67. The maximum atomic E-state index is 11.3. The summed E-state index contributed by atoms with van der Waals surface area (Å²) >= 11 is 3.31. The fraction of sp³-hybridized carbons (Fsp3) is 0.267. The third-order valence-electron chi connectivity index (χ3n) is 3.40. The zero-order chi connectivity index (χ0) is 14.1. The lowest BCUT2D eigenvalue weighted by Gasteiger charge is -2.19. The Hall–Kier alpha value is -1.75. The van der Waals surface area contributed by atoms with E-state index in [9.17, 15) is 4.79 Å². The molecule has 3 rings (SSSR count). The Bertz CT molecular complexity index is 651. The molecule has 1 unspecified atom stereocenters. The average Bonchev–Trinajstić information content (AvgIpc) is 2.86. The molecule has 0 bridgehead atoms. The van der Waals surface area contributed by atoms with Crippen molar-refractivity contribution in [3.8, 4) is 0 Å². The Morgan fingerprint density at radius 2 is 2.15 bits per heavy atom. The normalized spacial score (nSPS) is 15.4. The van der Waals surface area contributed by atoms with Gasteiger partial charge in [0, 0.05) is 17.8 Å². The summed E-state index contributed by atoms with van der Waals surface area (Å²) in [6.45, 7) is 2.05. The van der Waals surface area contributed by atoms with Crippen molar-refractivity contribution in [1.29, 1.82) is 0 Å². The van der Waals surface area contributed by atoms with Gasteiger partial charge in [-0.1, -0.05) is 0 Å². The van der Waals surface area contributed by atoms with Crippen LogP contribution in [0.15, 0.2) is 39.4 Å². The van der Waals surface area contributed by atoms with E-state index >= 15 is 0 Å². The standard InChI is InChI=1S/C15H15BrN2O2/c1-9(13-5-6-14(16)20-13)17-11-3-4-12-10(8-11)2-7-15(19)18-12/h3-6,8-9,17H,2,7H2,1H3,(H,18,19). The minimum absolute atomic E-state index is 0.0810. The van der Waals surface area contributed by atoms with Crippen LogP contribution in [0.1, 0.15) is 30.7 Å². The van der Waals surface area contributed by atoms with Gasteiger partial charge < -0.3 is 15.1 Å². The average molecular weight is 335 g/mol. The lowest BCUT2D eigenvalue weighted by atomic mass is 10.0. The number of nitrogens with one attached hydrogen (secondary N) is 2. The molecule has 2 heterocycles. The molecule has 1 aliphatic rings. The first-order chi connectivity index (χ1) is 9.61. The second-order valence-electron chi connectivity index (χ2n) is 4.93. The van der Waals surface area contributed by atoms with E-state index in [4.69, 9.17) is 4.42 Å². The van der Waals surface area contributed by atoms with Crippen LogP contribution in [0.4, 0.5) is 11.4 Å². The van der Waals surface area contributed by atoms with E-state index in [1.54, 1.807) is 0 Å². The van der Waals surface area contributed by atoms with Crippen LogP contribution in [-0.2, 0) is 11.2 Å². The second kappa shape index (κ2) is 5.32. The summed E-state index contributed by atoms with van der Waals surface area (Å²) < 4.78 is 6.27. The Labute approximate surface area is 125 Å². The molecule has 1 atom stereocenters. The van der Waals surface area contributed by atoms with E-state index in [1.165, 1.54) is 5.56 Å². The summed E-state index contributed by atoms with van der Waals surface area (Å²) in [7, 11) is 0. The molecular formula is C15H15BrN2O2. The Morgan fingerprint density at radius 1 is 1.30 bits per heavy atom. The van der Waals surface area contributed by atoms with Gasteiger partial charge in [-0.05, 0) is 65.2 Å². The van der Waals surface area contributed by atoms with Gasteiger partial charge in [0.1, 0.15) is 5.76 Å². The molecule has 0 fully saturated rings. The van der Waals surface area contributed by atoms with Crippen LogP contribution in [0.25, 0.3) is 0 Å². The maximum absolute atomic E-state index is 11.3. The van der Waals surface area contributed by atoms with Crippen molar-refractivity contribution >= 4 is 33.2 Å². The van der Waals surface area contributed by atoms with Gasteiger partial charge in [0.25, 0.3) is 0 Å². The third kappa shape index (κ3) is 2.72. The molecule has 1 aliphatic heterocycles. The van der Waals surface area contributed by atoms with Crippen molar-refractivity contribution in [2.24, 2.45) is 0 Å². The predicted octanol–water partition coefficient (Wildman–Crippen LogP) is 4.10. The van der Waals surface area contributed by atoms with E-state index < -0.39 is 0 Å². The highest BCUT2D eigenvalue weighted by molar-refractivity contribution is 9.10. The number of benzene rings is 1. The first-order valence-electron chi connectivity index (χ1n) is 6.56. The van der Waals surface area contributed by atoms with Crippen LogP contribution in [0.2, 0.25) is 0 Å². The van der Waals surface area contributed by atoms with Gasteiger partial charge >= 0.3 is 0 Å². The second-order valence-corrected chi connectivity index (χ2v) is 5.71. The van der Waals surface area contributed by atoms with Gasteiger partial charge in [-0.15, -0.1) is 0 Å². The maximum Gasteiger partial charge on any atom is 0.224 e. The van der Waals surface area contributed by atoms with Crippen LogP contribution in [0.5, 0.6) is 0 Å². The molecule has 0 saturated heterocycles. The molecule has 20 heavy (non-hydrogen) atoms.